The summed E-state index contributed by atoms with van der Waals surface area (Å²) in [6.07, 6.45) is 0. The Morgan fingerprint density at radius 1 is 1.07 bits per heavy atom. The molecule has 140 valence electrons. The summed E-state index contributed by atoms with van der Waals surface area (Å²) >= 11 is 0. The standard InChI is InChI=1S/C18H17FN4O3S/c1-11-17(12(2)23(21-11)16-9-5-14(19)6-10-16)27(25,26)22-15-7-3-13(4-8-15)18(20)24/h3-10,22H,1-2H3,(H2,20,24). The molecule has 1 aromatic heterocycles. The highest BCUT2D eigenvalue weighted by atomic mass is 32.2. The lowest BCUT2D eigenvalue weighted by molar-refractivity contribution is 0.100. The van der Waals surface area contributed by atoms with Crippen LogP contribution in [0.3, 0.4) is 0 Å². The third-order valence-electron chi connectivity index (χ3n) is 3.99. The van der Waals surface area contributed by atoms with Gasteiger partial charge in [0.15, 0.2) is 0 Å². The van der Waals surface area contributed by atoms with Crippen molar-refractivity contribution < 1.29 is 17.6 Å². The summed E-state index contributed by atoms with van der Waals surface area (Å²) in [5.41, 5.74) is 6.97. The van der Waals surface area contributed by atoms with Crippen molar-refractivity contribution in [2.24, 2.45) is 5.73 Å². The molecule has 0 unspecified atom stereocenters. The number of carbonyl (C=O) groups is 1. The molecule has 0 aliphatic carbocycles. The van der Waals surface area contributed by atoms with Crippen molar-refractivity contribution in [3.8, 4) is 5.69 Å². The van der Waals surface area contributed by atoms with E-state index in [9.17, 15) is 17.6 Å². The molecule has 3 rings (SSSR count). The van der Waals surface area contributed by atoms with Gasteiger partial charge in [-0.1, -0.05) is 0 Å². The average Bonchev–Trinajstić information content (AvgIpc) is 2.91. The van der Waals surface area contributed by atoms with E-state index in [1.165, 1.54) is 53.2 Å². The summed E-state index contributed by atoms with van der Waals surface area (Å²) in [6.45, 7) is 3.20. The van der Waals surface area contributed by atoms with Crippen LogP contribution >= 0.6 is 0 Å². The third-order valence-corrected chi connectivity index (χ3v) is 5.62. The Balaban J connectivity index is 1.97. The van der Waals surface area contributed by atoms with Gasteiger partial charge in [-0.15, -0.1) is 0 Å². The van der Waals surface area contributed by atoms with Crippen molar-refractivity contribution >= 4 is 21.6 Å². The molecule has 9 heteroatoms. The lowest BCUT2D eigenvalue weighted by Crippen LogP contribution is -2.15. The molecule has 0 aliphatic heterocycles. The van der Waals surface area contributed by atoms with Gasteiger partial charge in [-0.2, -0.15) is 5.10 Å². The first kappa shape index (κ1) is 18.6. The zero-order valence-corrected chi connectivity index (χ0v) is 15.4. The molecule has 0 aliphatic rings. The highest BCUT2D eigenvalue weighted by Gasteiger charge is 2.25. The van der Waals surface area contributed by atoms with Crippen LogP contribution in [-0.4, -0.2) is 24.1 Å². The van der Waals surface area contributed by atoms with Gasteiger partial charge in [0.1, 0.15) is 10.7 Å². The Morgan fingerprint density at radius 3 is 2.22 bits per heavy atom. The highest BCUT2D eigenvalue weighted by Crippen LogP contribution is 2.25. The number of aryl methyl sites for hydroxylation is 1. The smallest absolute Gasteiger partial charge is 0.265 e. The topological polar surface area (TPSA) is 107 Å². The van der Waals surface area contributed by atoms with Gasteiger partial charge in [-0.3, -0.25) is 9.52 Å². The van der Waals surface area contributed by atoms with E-state index < -0.39 is 21.7 Å². The van der Waals surface area contributed by atoms with Crippen molar-refractivity contribution in [3.63, 3.8) is 0 Å². The van der Waals surface area contributed by atoms with E-state index in [4.69, 9.17) is 5.73 Å². The predicted molar refractivity (Wildman–Crippen MR) is 98.8 cm³/mol. The molecule has 3 N–H and O–H groups in total. The van der Waals surface area contributed by atoms with Crippen LogP contribution in [0, 0.1) is 19.7 Å². The van der Waals surface area contributed by atoms with Crippen LogP contribution in [0.4, 0.5) is 10.1 Å². The molecule has 0 spiro atoms. The summed E-state index contributed by atoms with van der Waals surface area (Å²) < 4.78 is 42.7. The molecule has 0 saturated carbocycles. The Morgan fingerprint density at radius 2 is 1.67 bits per heavy atom. The van der Waals surface area contributed by atoms with Crippen LogP contribution in [0.2, 0.25) is 0 Å². The molecule has 0 saturated heterocycles. The van der Waals surface area contributed by atoms with Crippen molar-refractivity contribution in [2.75, 3.05) is 4.72 Å². The highest BCUT2D eigenvalue weighted by molar-refractivity contribution is 7.92. The number of nitrogens with two attached hydrogens (primary N) is 1. The summed E-state index contributed by atoms with van der Waals surface area (Å²) in [7, 11) is -3.93. The monoisotopic (exact) mass is 388 g/mol. The summed E-state index contributed by atoms with van der Waals surface area (Å²) in [5, 5.41) is 4.27. The van der Waals surface area contributed by atoms with E-state index in [-0.39, 0.29) is 16.1 Å². The molecule has 0 radical (unpaired) electrons. The number of halogens is 1. The van der Waals surface area contributed by atoms with Crippen LogP contribution in [0.15, 0.2) is 53.4 Å². The van der Waals surface area contributed by atoms with E-state index in [1.54, 1.807) is 13.8 Å². The molecule has 27 heavy (non-hydrogen) atoms. The van der Waals surface area contributed by atoms with Gasteiger partial charge in [0.2, 0.25) is 5.91 Å². The number of nitrogens with one attached hydrogen (secondary N) is 1. The maximum atomic E-state index is 13.1. The molecule has 1 amide bonds. The molecule has 7 nitrogen and oxygen atoms in total. The van der Waals surface area contributed by atoms with E-state index >= 15 is 0 Å². The van der Waals surface area contributed by atoms with Gasteiger partial charge in [0.25, 0.3) is 10.0 Å². The van der Waals surface area contributed by atoms with Crippen molar-refractivity contribution in [3.05, 3.63) is 71.3 Å². The Kier molecular flexibility index (Phi) is 4.71. The first-order chi connectivity index (χ1) is 12.7. The van der Waals surface area contributed by atoms with Gasteiger partial charge in [0, 0.05) is 11.3 Å². The molecule has 0 atom stereocenters. The average molecular weight is 388 g/mol. The lowest BCUT2D eigenvalue weighted by atomic mass is 10.2. The number of amides is 1. The van der Waals surface area contributed by atoms with Gasteiger partial charge < -0.3 is 5.73 Å². The minimum atomic E-state index is -3.93. The molecule has 1 heterocycles. The van der Waals surface area contributed by atoms with E-state index in [2.05, 4.69) is 9.82 Å². The minimum Gasteiger partial charge on any atom is -0.366 e. The largest absolute Gasteiger partial charge is 0.366 e. The maximum absolute atomic E-state index is 13.1. The Hall–Kier alpha value is -3.20. The number of primary amides is 1. The Labute approximate surface area is 155 Å². The lowest BCUT2D eigenvalue weighted by Gasteiger charge is -2.09. The fourth-order valence-electron chi connectivity index (χ4n) is 2.76. The second-order valence-electron chi connectivity index (χ2n) is 5.94. The molecule has 0 bridgehead atoms. The quantitative estimate of drug-likeness (QED) is 0.700. The number of hydrogen-bond donors (Lipinski definition) is 2. The summed E-state index contributed by atoms with van der Waals surface area (Å²) in [5.74, 6) is -0.995. The van der Waals surface area contributed by atoms with Gasteiger partial charge in [0.05, 0.1) is 17.1 Å². The number of sulfonamides is 1. The van der Waals surface area contributed by atoms with Crippen LogP contribution in [0.25, 0.3) is 5.69 Å². The number of carbonyl (C=O) groups excluding carboxylic acids is 1. The van der Waals surface area contributed by atoms with Gasteiger partial charge >= 0.3 is 0 Å². The first-order valence-electron chi connectivity index (χ1n) is 7.94. The zero-order chi connectivity index (χ0) is 19.8. The van der Waals surface area contributed by atoms with Gasteiger partial charge in [-0.05, 0) is 62.4 Å². The van der Waals surface area contributed by atoms with E-state index in [1.807, 2.05) is 0 Å². The van der Waals surface area contributed by atoms with Crippen LogP contribution in [0.1, 0.15) is 21.7 Å². The molecule has 3 aromatic rings. The fourth-order valence-corrected chi connectivity index (χ4v) is 4.21. The van der Waals surface area contributed by atoms with Crippen LogP contribution in [-0.2, 0) is 10.0 Å². The van der Waals surface area contributed by atoms with Crippen molar-refractivity contribution in [1.82, 2.24) is 9.78 Å². The van der Waals surface area contributed by atoms with Crippen LogP contribution < -0.4 is 10.5 Å². The SMILES string of the molecule is Cc1nn(-c2ccc(F)cc2)c(C)c1S(=O)(=O)Nc1ccc(C(N)=O)cc1. The normalized spacial score (nSPS) is 11.4. The molecule has 0 fully saturated rings. The van der Waals surface area contributed by atoms with Crippen molar-refractivity contribution in [2.45, 2.75) is 18.7 Å². The fraction of sp³-hybridized carbons (Fsp3) is 0.111. The zero-order valence-electron chi connectivity index (χ0n) is 14.6. The number of rotatable bonds is 5. The number of benzene rings is 2. The predicted octanol–water partition coefficient (Wildman–Crippen LogP) is 2.53. The molecule has 2 aromatic carbocycles. The second-order valence-corrected chi connectivity index (χ2v) is 7.55. The maximum Gasteiger partial charge on any atom is 0.265 e. The Bertz CT molecular complexity index is 1100. The summed E-state index contributed by atoms with van der Waals surface area (Å²) in [4.78, 5) is 11.1. The second kappa shape index (κ2) is 6.84. The van der Waals surface area contributed by atoms with E-state index in [0.29, 0.717) is 17.1 Å². The van der Waals surface area contributed by atoms with E-state index in [0.717, 1.165) is 0 Å². The number of nitrogens with zero attached hydrogens (tertiary/aromatic N) is 2. The number of hydrogen-bond acceptors (Lipinski definition) is 4. The minimum absolute atomic E-state index is 0.0332. The third kappa shape index (κ3) is 3.68. The number of anilines is 1. The van der Waals surface area contributed by atoms with Crippen molar-refractivity contribution in [1.29, 1.82) is 0 Å². The molecular weight excluding hydrogens is 371 g/mol. The van der Waals surface area contributed by atoms with Gasteiger partial charge in [-0.25, -0.2) is 17.5 Å². The van der Waals surface area contributed by atoms with Crippen LogP contribution in [0.5, 0.6) is 0 Å². The number of aromatic nitrogens is 2. The summed E-state index contributed by atoms with van der Waals surface area (Å²) in [6, 6.07) is 11.3. The molecular formula is C18H17FN4O3S. The first-order valence-corrected chi connectivity index (χ1v) is 9.42.